The molecule has 0 amide bonds. The van der Waals surface area contributed by atoms with Crippen molar-refractivity contribution in [3.05, 3.63) is 48.3 Å². The molecule has 1 aliphatic rings. The summed E-state index contributed by atoms with van der Waals surface area (Å²) in [4.78, 5) is 11.4. The average molecular weight is 434 g/mol. The van der Waals surface area contributed by atoms with Gasteiger partial charge in [-0.3, -0.25) is 9.58 Å². The Morgan fingerprint density at radius 3 is 2.48 bits per heavy atom. The number of sulfonamides is 1. The van der Waals surface area contributed by atoms with Gasteiger partial charge in [0.15, 0.2) is 0 Å². The van der Waals surface area contributed by atoms with Crippen LogP contribution < -0.4 is 4.72 Å². The van der Waals surface area contributed by atoms with Crippen molar-refractivity contribution >= 4 is 16.0 Å². The first-order chi connectivity index (χ1) is 13.5. The number of carboxylic acid groups (broad SMARTS) is 1. The second kappa shape index (κ2) is 9.37. The Morgan fingerprint density at radius 2 is 1.90 bits per heavy atom. The van der Waals surface area contributed by atoms with E-state index < -0.39 is 22.2 Å². The minimum atomic E-state index is -5.08. The lowest BCUT2D eigenvalue weighted by Crippen LogP contribution is -2.37. The SMILES string of the molecule is CN1Cc2ccnn2C(CCNS(=O)(=O)c2ccccc2)C1.O=C(O)C(F)(F)F. The molecule has 12 heteroatoms. The monoisotopic (exact) mass is 434 g/mol. The highest BCUT2D eigenvalue weighted by molar-refractivity contribution is 7.89. The molecule has 0 saturated heterocycles. The zero-order valence-corrected chi connectivity index (χ0v) is 16.3. The minimum absolute atomic E-state index is 0.197. The lowest BCUT2D eigenvalue weighted by atomic mass is 10.1. The molecule has 1 atom stereocenters. The van der Waals surface area contributed by atoms with E-state index >= 15 is 0 Å². The van der Waals surface area contributed by atoms with Gasteiger partial charge in [-0.05, 0) is 31.7 Å². The topological polar surface area (TPSA) is 105 Å². The van der Waals surface area contributed by atoms with E-state index in [4.69, 9.17) is 9.90 Å². The molecule has 160 valence electrons. The van der Waals surface area contributed by atoms with Crippen molar-refractivity contribution in [3.8, 4) is 0 Å². The second-order valence-electron chi connectivity index (χ2n) is 6.42. The van der Waals surface area contributed by atoms with Crippen LogP contribution in [0.5, 0.6) is 0 Å². The summed E-state index contributed by atoms with van der Waals surface area (Å²) in [6.45, 7) is 2.16. The van der Waals surface area contributed by atoms with Crippen molar-refractivity contribution in [2.75, 3.05) is 20.1 Å². The third-order valence-electron chi connectivity index (χ3n) is 4.12. The lowest BCUT2D eigenvalue weighted by molar-refractivity contribution is -0.192. The van der Waals surface area contributed by atoms with Crippen LogP contribution in [-0.2, 0) is 21.4 Å². The van der Waals surface area contributed by atoms with Gasteiger partial charge in [0.1, 0.15) is 0 Å². The van der Waals surface area contributed by atoms with E-state index in [1.165, 1.54) is 5.69 Å². The highest BCUT2D eigenvalue weighted by Crippen LogP contribution is 2.21. The van der Waals surface area contributed by atoms with Gasteiger partial charge < -0.3 is 5.11 Å². The summed E-state index contributed by atoms with van der Waals surface area (Å²) in [5, 5.41) is 11.5. The molecule has 2 N–H and O–H groups in total. The van der Waals surface area contributed by atoms with Crippen LogP contribution in [-0.4, -0.2) is 60.5 Å². The van der Waals surface area contributed by atoms with E-state index in [0.29, 0.717) is 17.9 Å². The molecule has 0 bridgehead atoms. The predicted octanol–water partition coefficient (Wildman–Crippen LogP) is 1.87. The minimum Gasteiger partial charge on any atom is -0.475 e. The summed E-state index contributed by atoms with van der Waals surface area (Å²) in [5.41, 5.74) is 1.17. The van der Waals surface area contributed by atoms with Crippen LogP contribution in [0.3, 0.4) is 0 Å². The number of halogens is 3. The third-order valence-corrected chi connectivity index (χ3v) is 5.60. The molecule has 0 saturated carbocycles. The van der Waals surface area contributed by atoms with Gasteiger partial charge in [-0.15, -0.1) is 0 Å². The molecule has 1 aromatic carbocycles. The zero-order valence-electron chi connectivity index (χ0n) is 15.5. The smallest absolute Gasteiger partial charge is 0.475 e. The summed E-state index contributed by atoms with van der Waals surface area (Å²) < 4.78 is 60.8. The number of rotatable bonds is 5. The van der Waals surface area contributed by atoms with Gasteiger partial charge >= 0.3 is 12.1 Å². The van der Waals surface area contributed by atoms with Gasteiger partial charge in [0, 0.05) is 25.8 Å². The second-order valence-corrected chi connectivity index (χ2v) is 8.19. The molecule has 8 nitrogen and oxygen atoms in total. The largest absolute Gasteiger partial charge is 0.490 e. The molecule has 1 unspecified atom stereocenters. The Kier molecular flexibility index (Phi) is 7.38. The van der Waals surface area contributed by atoms with Crippen LogP contribution in [0, 0.1) is 0 Å². The quantitative estimate of drug-likeness (QED) is 0.745. The number of aromatic nitrogens is 2. The van der Waals surface area contributed by atoms with Crippen LogP contribution in [0.25, 0.3) is 0 Å². The molecule has 29 heavy (non-hydrogen) atoms. The van der Waals surface area contributed by atoms with Gasteiger partial charge in [-0.2, -0.15) is 18.3 Å². The van der Waals surface area contributed by atoms with Gasteiger partial charge in [-0.25, -0.2) is 17.9 Å². The van der Waals surface area contributed by atoms with E-state index in [1.54, 1.807) is 36.5 Å². The van der Waals surface area contributed by atoms with Crippen molar-refractivity contribution in [2.45, 2.75) is 30.1 Å². The predicted molar refractivity (Wildman–Crippen MR) is 97.5 cm³/mol. The van der Waals surface area contributed by atoms with Gasteiger partial charge in [0.25, 0.3) is 0 Å². The molecule has 1 aromatic heterocycles. The van der Waals surface area contributed by atoms with Gasteiger partial charge in [-0.1, -0.05) is 18.2 Å². The van der Waals surface area contributed by atoms with Crippen LogP contribution in [0.1, 0.15) is 18.2 Å². The third kappa shape index (κ3) is 6.54. The highest BCUT2D eigenvalue weighted by Gasteiger charge is 2.38. The average Bonchev–Trinajstić information content (AvgIpc) is 3.10. The van der Waals surface area contributed by atoms with Crippen molar-refractivity contribution in [2.24, 2.45) is 0 Å². The molecule has 3 rings (SSSR count). The Morgan fingerprint density at radius 1 is 1.28 bits per heavy atom. The molecular weight excluding hydrogens is 413 g/mol. The standard InChI is InChI=1S/C15H20N4O2S.C2HF3O2/c1-18-11-13-7-9-16-19(13)14(12-18)8-10-17-22(20,21)15-5-3-2-4-6-15;3-2(4,5)1(6)7/h2-7,9,14,17H,8,10-12H2,1H3;(H,6,7). The fourth-order valence-electron chi connectivity index (χ4n) is 2.83. The maximum absolute atomic E-state index is 12.2. The van der Waals surface area contributed by atoms with Crippen LogP contribution in [0.2, 0.25) is 0 Å². The normalized spacial score (nSPS) is 17.2. The van der Waals surface area contributed by atoms with Crippen molar-refractivity contribution in [1.82, 2.24) is 19.4 Å². The number of benzene rings is 1. The Hall–Kier alpha value is -2.44. The van der Waals surface area contributed by atoms with E-state index in [-0.39, 0.29) is 6.04 Å². The van der Waals surface area contributed by atoms with Gasteiger partial charge in [0.05, 0.1) is 16.6 Å². The van der Waals surface area contributed by atoms with Crippen molar-refractivity contribution in [1.29, 1.82) is 0 Å². The summed E-state index contributed by atoms with van der Waals surface area (Å²) >= 11 is 0. The number of nitrogens with one attached hydrogen (secondary N) is 1. The fraction of sp³-hybridized carbons (Fsp3) is 0.412. The van der Waals surface area contributed by atoms with E-state index in [1.807, 2.05) is 10.7 Å². The summed E-state index contributed by atoms with van der Waals surface area (Å²) in [6, 6.07) is 10.7. The number of fused-ring (bicyclic) bond motifs is 1. The van der Waals surface area contributed by atoms with Crippen molar-refractivity contribution < 1.29 is 31.5 Å². The number of carbonyl (C=O) groups is 1. The van der Waals surface area contributed by atoms with Gasteiger partial charge in [0.2, 0.25) is 10.0 Å². The number of hydrogen-bond donors (Lipinski definition) is 2. The molecule has 0 spiro atoms. The van der Waals surface area contributed by atoms with Crippen LogP contribution in [0.4, 0.5) is 13.2 Å². The first-order valence-electron chi connectivity index (χ1n) is 8.56. The Balaban J connectivity index is 0.000000370. The fourth-order valence-corrected chi connectivity index (χ4v) is 3.90. The molecule has 2 aromatic rings. The first-order valence-corrected chi connectivity index (χ1v) is 10.0. The molecule has 0 fully saturated rings. The van der Waals surface area contributed by atoms with E-state index in [2.05, 4.69) is 21.8 Å². The maximum atomic E-state index is 12.2. The van der Waals surface area contributed by atoms with E-state index in [0.717, 1.165) is 13.1 Å². The maximum Gasteiger partial charge on any atom is 0.490 e. The molecule has 1 aliphatic heterocycles. The Labute approximate surface area is 166 Å². The first kappa shape index (κ1) is 22.8. The number of likely N-dealkylation sites (N-methyl/N-ethyl adjacent to an activating group) is 1. The number of aliphatic carboxylic acids is 1. The highest BCUT2D eigenvalue weighted by atomic mass is 32.2. The molecule has 2 heterocycles. The number of carboxylic acids is 1. The lowest BCUT2D eigenvalue weighted by Gasteiger charge is -2.31. The summed E-state index contributed by atoms with van der Waals surface area (Å²) in [6.07, 6.45) is -2.57. The molecule has 0 radical (unpaired) electrons. The van der Waals surface area contributed by atoms with E-state index in [9.17, 15) is 21.6 Å². The summed E-state index contributed by atoms with van der Waals surface area (Å²) in [7, 11) is -1.36. The number of hydrogen-bond acceptors (Lipinski definition) is 5. The number of alkyl halides is 3. The number of nitrogens with zero attached hydrogens (tertiary/aromatic N) is 3. The van der Waals surface area contributed by atoms with Crippen molar-refractivity contribution in [3.63, 3.8) is 0 Å². The van der Waals surface area contributed by atoms with Crippen LogP contribution >= 0.6 is 0 Å². The zero-order chi connectivity index (χ0) is 21.7. The van der Waals surface area contributed by atoms with Crippen LogP contribution in [0.15, 0.2) is 47.5 Å². The Bertz CT molecular complexity index is 916. The summed E-state index contributed by atoms with van der Waals surface area (Å²) in [5.74, 6) is -2.76. The molecular formula is C17H21F3N4O4S. The molecule has 0 aliphatic carbocycles.